The van der Waals surface area contributed by atoms with Crippen LogP contribution in [0.3, 0.4) is 0 Å². The number of Topliss-reactive ketones (excluding diaryl/α,β-unsaturated/α-hetero) is 1. The molecule has 32 heavy (non-hydrogen) atoms. The lowest BCUT2D eigenvalue weighted by Gasteiger charge is -2.34. The number of benzene rings is 3. The normalized spacial score (nSPS) is 14.2. The summed E-state index contributed by atoms with van der Waals surface area (Å²) in [6, 6.07) is 21.1. The summed E-state index contributed by atoms with van der Waals surface area (Å²) in [4.78, 5) is 28.0. The van der Waals surface area contributed by atoms with Crippen LogP contribution in [0.5, 0.6) is 0 Å². The molecule has 0 spiro atoms. The van der Waals surface area contributed by atoms with Gasteiger partial charge < -0.3 is 10.2 Å². The molecule has 0 radical (unpaired) electrons. The Kier molecular flexibility index (Phi) is 6.64. The largest absolute Gasteiger partial charge is 0.371 e. The molecule has 4 rings (SSSR count). The van der Waals surface area contributed by atoms with E-state index in [-0.39, 0.29) is 23.4 Å². The van der Waals surface area contributed by atoms with Crippen molar-refractivity contribution >= 4 is 23.1 Å². The first-order chi connectivity index (χ1) is 15.6. The number of para-hydroxylation sites is 1. The Morgan fingerprint density at radius 3 is 2.28 bits per heavy atom. The summed E-state index contributed by atoms with van der Waals surface area (Å²) in [5.41, 5.74) is 4.09. The van der Waals surface area contributed by atoms with E-state index in [4.69, 9.17) is 0 Å². The van der Waals surface area contributed by atoms with E-state index in [1.54, 1.807) is 12.1 Å². The van der Waals surface area contributed by atoms with Crippen molar-refractivity contribution in [2.24, 2.45) is 5.92 Å². The molecule has 1 amide bonds. The summed E-state index contributed by atoms with van der Waals surface area (Å²) < 4.78 is 13.2. The Morgan fingerprint density at radius 2 is 1.62 bits per heavy atom. The Balaban J connectivity index is 1.47. The molecule has 0 aliphatic carbocycles. The first kappa shape index (κ1) is 21.8. The number of anilines is 2. The van der Waals surface area contributed by atoms with Crippen LogP contribution < -0.4 is 10.2 Å². The highest BCUT2D eigenvalue weighted by atomic mass is 19.1. The number of carbonyl (C=O) groups excluding carboxylic acids is 2. The zero-order valence-corrected chi connectivity index (χ0v) is 18.2. The molecule has 5 heteroatoms. The Bertz CT molecular complexity index is 1090. The van der Waals surface area contributed by atoms with Gasteiger partial charge in [0.25, 0.3) is 5.91 Å². The molecule has 1 N–H and O–H groups in total. The van der Waals surface area contributed by atoms with Crippen molar-refractivity contribution in [1.82, 2.24) is 0 Å². The quantitative estimate of drug-likeness (QED) is 0.508. The van der Waals surface area contributed by atoms with Crippen molar-refractivity contribution in [2.75, 3.05) is 23.3 Å². The molecule has 0 bridgehead atoms. The molecule has 1 heterocycles. The fourth-order valence-corrected chi connectivity index (χ4v) is 4.41. The van der Waals surface area contributed by atoms with E-state index in [2.05, 4.69) is 23.2 Å². The fraction of sp³-hybridized carbons (Fsp3) is 0.259. The molecule has 0 aromatic heterocycles. The predicted molar refractivity (Wildman–Crippen MR) is 126 cm³/mol. The number of amides is 1. The van der Waals surface area contributed by atoms with E-state index < -0.39 is 0 Å². The van der Waals surface area contributed by atoms with Crippen LogP contribution in [0.25, 0.3) is 0 Å². The van der Waals surface area contributed by atoms with E-state index in [0.717, 1.165) is 49.3 Å². The average molecular weight is 431 g/mol. The van der Waals surface area contributed by atoms with E-state index in [0.29, 0.717) is 11.1 Å². The second-order valence-corrected chi connectivity index (χ2v) is 8.11. The fourth-order valence-electron chi connectivity index (χ4n) is 4.41. The number of rotatable bonds is 6. The number of halogens is 1. The van der Waals surface area contributed by atoms with E-state index >= 15 is 0 Å². The van der Waals surface area contributed by atoms with Crippen molar-refractivity contribution in [3.05, 3.63) is 95.3 Å². The van der Waals surface area contributed by atoms with Gasteiger partial charge in [0, 0.05) is 41.5 Å². The van der Waals surface area contributed by atoms with Gasteiger partial charge in [0.15, 0.2) is 5.78 Å². The smallest absolute Gasteiger partial charge is 0.256 e. The molecule has 0 saturated carbocycles. The molecule has 0 unspecified atom stereocenters. The number of hydrogen-bond donors (Lipinski definition) is 1. The molecule has 3 aromatic carbocycles. The third kappa shape index (κ3) is 4.72. The van der Waals surface area contributed by atoms with Crippen LogP contribution in [-0.4, -0.2) is 24.8 Å². The molecule has 1 saturated heterocycles. The van der Waals surface area contributed by atoms with Crippen LogP contribution in [0.15, 0.2) is 72.8 Å². The Labute approximate surface area is 188 Å². The lowest BCUT2D eigenvalue weighted by molar-refractivity contribution is 0.0900. The van der Waals surface area contributed by atoms with Crippen molar-refractivity contribution in [3.8, 4) is 0 Å². The van der Waals surface area contributed by atoms with Gasteiger partial charge in [-0.3, -0.25) is 9.59 Å². The van der Waals surface area contributed by atoms with Crippen molar-refractivity contribution in [1.29, 1.82) is 0 Å². The number of piperidine rings is 1. The predicted octanol–water partition coefficient (Wildman–Crippen LogP) is 5.74. The van der Waals surface area contributed by atoms with E-state index in [1.165, 1.54) is 12.1 Å². The third-order valence-corrected chi connectivity index (χ3v) is 6.12. The zero-order valence-electron chi connectivity index (χ0n) is 18.2. The van der Waals surface area contributed by atoms with Crippen LogP contribution in [0, 0.1) is 11.7 Å². The molecule has 1 aliphatic rings. The summed E-state index contributed by atoms with van der Waals surface area (Å²) in [6.07, 6.45) is 2.21. The van der Waals surface area contributed by atoms with Gasteiger partial charge in [0.05, 0.1) is 0 Å². The minimum Gasteiger partial charge on any atom is -0.371 e. The van der Waals surface area contributed by atoms with Crippen molar-refractivity contribution in [2.45, 2.75) is 26.2 Å². The summed E-state index contributed by atoms with van der Waals surface area (Å²) in [5, 5.41) is 2.98. The molecular formula is C27H27FN2O2. The van der Waals surface area contributed by atoms with Crippen LogP contribution in [0.2, 0.25) is 0 Å². The maximum atomic E-state index is 13.2. The number of nitrogens with one attached hydrogen (secondary N) is 1. The van der Waals surface area contributed by atoms with Crippen molar-refractivity contribution < 1.29 is 14.0 Å². The van der Waals surface area contributed by atoms with Crippen LogP contribution in [0.1, 0.15) is 46.0 Å². The third-order valence-electron chi connectivity index (χ3n) is 6.12. The highest BCUT2D eigenvalue weighted by Crippen LogP contribution is 2.30. The van der Waals surface area contributed by atoms with Crippen LogP contribution in [-0.2, 0) is 6.42 Å². The summed E-state index contributed by atoms with van der Waals surface area (Å²) >= 11 is 0. The number of hydrogen-bond acceptors (Lipinski definition) is 3. The summed E-state index contributed by atoms with van der Waals surface area (Å²) in [7, 11) is 0. The van der Waals surface area contributed by atoms with Crippen LogP contribution in [0.4, 0.5) is 15.8 Å². The maximum absolute atomic E-state index is 13.2. The number of ketones is 1. The average Bonchev–Trinajstić information content (AvgIpc) is 2.84. The first-order valence-electron chi connectivity index (χ1n) is 11.1. The zero-order chi connectivity index (χ0) is 22.5. The number of nitrogens with zero attached hydrogens (tertiary/aromatic N) is 1. The maximum Gasteiger partial charge on any atom is 0.256 e. The van der Waals surface area contributed by atoms with Gasteiger partial charge in [-0.15, -0.1) is 0 Å². The van der Waals surface area contributed by atoms with Crippen molar-refractivity contribution in [3.63, 3.8) is 0 Å². The van der Waals surface area contributed by atoms with Gasteiger partial charge in [-0.25, -0.2) is 4.39 Å². The van der Waals surface area contributed by atoms with Crippen LogP contribution >= 0.6 is 0 Å². The summed E-state index contributed by atoms with van der Waals surface area (Å²) in [6.45, 7) is 3.55. The lowest BCUT2D eigenvalue weighted by Crippen LogP contribution is -2.37. The molecular weight excluding hydrogens is 403 g/mol. The second kappa shape index (κ2) is 9.77. The molecule has 164 valence electrons. The van der Waals surface area contributed by atoms with E-state index in [9.17, 15) is 14.0 Å². The standard InChI is InChI=1S/C27H27FN2O2/c1-2-23-24(27(32)29-22-7-4-3-5-8-22)9-6-10-25(23)30-17-15-20(16-18-30)26(31)19-11-13-21(28)14-12-19/h3-14,20H,2,15-18H2,1H3,(H,29,32). The molecule has 0 atom stereocenters. The first-order valence-corrected chi connectivity index (χ1v) is 11.1. The topological polar surface area (TPSA) is 49.4 Å². The molecule has 3 aromatic rings. The SMILES string of the molecule is CCc1c(C(=O)Nc2ccccc2)cccc1N1CCC(C(=O)c2ccc(F)cc2)CC1. The Morgan fingerprint density at radius 1 is 0.938 bits per heavy atom. The monoisotopic (exact) mass is 430 g/mol. The minimum atomic E-state index is -0.334. The molecule has 1 fully saturated rings. The number of carbonyl (C=O) groups is 2. The van der Waals surface area contributed by atoms with Gasteiger partial charge in [-0.05, 0) is 73.4 Å². The highest BCUT2D eigenvalue weighted by Gasteiger charge is 2.27. The van der Waals surface area contributed by atoms with Gasteiger partial charge in [-0.2, -0.15) is 0 Å². The van der Waals surface area contributed by atoms with Gasteiger partial charge in [-0.1, -0.05) is 31.2 Å². The minimum absolute atomic E-state index is 0.0636. The summed E-state index contributed by atoms with van der Waals surface area (Å²) in [5.74, 6) is -0.432. The lowest BCUT2D eigenvalue weighted by atomic mass is 9.88. The van der Waals surface area contributed by atoms with Gasteiger partial charge in [0.2, 0.25) is 0 Å². The van der Waals surface area contributed by atoms with E-state index in [1.807, 2.05) is 42.5 Å². The molecule has 4 nitrogen and oxygen atoms in total. The Hall–Kier alpha value is -3.47. The van der Waals surface area contributed by atoms with Gasteiger partial charge >= 0.3 is 0 Å². The highest BCUT2D eigenvalue weighted by molar-refractivity contribution is 6.06. The second-order valence-electron chi connectivity index (χ2n) is 8.11. The van der Waals surface area contributed by atoms with Gasteiger partial charge in [0.1, 0.15) is 5.82 Å². The molecule has 1 aliphatic heterocycles.